The Labute approximate surface area is 119 Å². The average Bonchev–Trinajstić information content (AvgIpc) is 2.51. The lowest BCUT2D eigenvalue weighted by molar-refractivity contribution is 0.236. The predicted molar refractivity (Wildman–Crippen MR) is 79.5 cm³/mol. The molecule has 0 aliphatic rings. The summed E-state index contributed by atoms with van der Waals surface area (Å²) in [6.45, 7) is 5.02. The molecule has 0 saturated carbocycles. The van der Waals surface area contributed by atoms with Gasteiger partial charge in [-0.25, -0.2) is 0 Å². The van der Waals surface area contributed by atoms with Crippen molar-refractivity contribution in [3.05, 3.63) is 36.5 Å². The summed E-state index contributed by atoms with van der Waals surface area (Å²) >= 11 is 0. The van der Waals surface area contributed by atoms with Gasteiger partial charge < -0.3 is 4.74 Å². The first-order chi connectivity index (χ1) is 9.68. The fraction of sp³-hybridized carbons (Fsp3) is 0.375. The van der Waals surface area contributed by atoms with Crippen molar-refractivity contribution >= 4 is 10.9 Å². The first kappa shape index (κ1) is 14.3. The molecule has 20 heavy (non-hydrogen) atoms. The van der Waals surface area contributed by atoms with Gasteiger partial charge in [0.1, 0.15) is 17.9 Å². The normalized spacial score (nSPS) is 13.7. The number of pyridine rings is 1. The quantitative estimate of drug-likeness (QED) is 0.876. The average molecular weight is 269 g/mol. The highest BCUT2D eigenvalue weighted by molar-refractivity contribution is 5.84. The van der Waals surface area contributed by atoms with Crippen molar-refractivity contribution in [3.8, 4) is 11.8 Å². The van der Waals surface area contributed by atoms with Crippen molar-refractivity contribution in [2.24, 2.45) is 0 Å². The Morgan fingerprint density at radius 3 is 2.95 bits per heavy atom. The van der Waals surface area contributed by atoms with E-state index >= 15 is 0 Å². The van der Waals surface area contributed by atoms with E-state index in [0.29, 0.717) is 6.61 Å². The zero-order valence-electron chi connectivity index (χ0n) is 11.9. The molecule has 0 saturated heterocycles. The van der Waals surface area contributed by atoms with E-state index in [-0.39, 0.29) is 0 Å². The Morgan fingerprint density at radius 2 is 2.20 bits per heavy atom. The van der Waals surface area contributed by atoms with Gasteiger partial charge in [0.25, 0.3) is 0 Å². The van der Waals surface area contributed by atoms with Gasteiger partial charge in [-0.05, 0) is 44.2 Å². The highest BCUT2D eigenvalue weighted by Crippen LogP contribution is 2.24. The van der Waals surface area contributed by atoms with Crippen molar-refractivity contribution in [1.29, 1.82) is 5.26 Å². The number of aromatic nitrogens is 1. The number of hydrogen-bond acceptors (Lipinski definition) is 4. The summed E-state index contributed by atoms with van der Waals surface area (Å²) in [5.74, 6) is 0.760. The van der Waals surface area contributed by atoms with Crippen LogP contribution in [0.25, 0.3) is 10.9 Å². The molecular formula is C16H19N3O. The Morgan fingerprint density at radius 1 is 1.35 bits per heavy atom. The van der Waals surface area contributed by atoms with Crippen LogP contribution in [0.4, 0.5) is 0 Å². The number of nitriles is 1. The van der Waals surface area contributed by atoms with E-state index < -0.39 is 5.54 Å². The Hall–Kier alpha value is -2.12. The molecule has 2 aromatic rings. The van der Waals surface area contributed by atoms with Crippen LogP contribution in [0.1, 0.15) is 20.3 Å². The molecule has 1 atom stereocenters. The SMILES string of the molecule is CCCNC(C)(C#N)COc1cccc2ncccc12. The van der Waals surface area contributed by atoms with E-state index in [9.17, 15) is 5.26 Å². The topological polar surface area (TPSA) is 57.9 Å². The maximum Gasteiger partial charge on any atom is 0.138 e. The zero-order valence-corrected chi connectivity index (χ0v) is 11.9. The van der Waals surface area contributed by atoms with Gasteiger partial charge in [-0.15, -0.1) is 0 Å². The summed E-state index contributed by atoms with van der Waals surface area (Å²) in [5.41, 5.74) is 0.214. The fourth-order valence-electron chi connectivity index (χ4n) is 1.95. The van der Waals surface area contributed by atoms with E-state index in [1.807, 2.05) is 37.3 Å². The van der Waals surface area contributed by atoms with Gasteiger partial charge in [-0.3, -0.25) is 10.3 Å². The molecule has 0 fully saturated rings. The zero-order chi connectivity index (χ0) is 14.4. The van der Waals surface area contributed by atoms with Gasteiger partial charge in [-0.2, -0.15) is 5.26 Å². The standard InChI is InChI=1S/C16H19N3O/c1-3-9-19-16(2,11-17)12-20-15-8-4-7-14-13(15)6-5-10-18-14/h4-8,10,19H,3,9,12H2,1-2H3. The lowest BCUT2D eigenvalue weighted by Crippen LogP contribution is -2.46. The molecule has 0 amide bonds. The number of nitrogens with zero attached hydrogens (tertiary/aromatic N) is 2. The highest BCUT2D eigenvalue weighted by atomic mass is 16.5. The molecular weight excluding hydrogens is 250 g/mol. The molecule has 1 heterocycles. The molecule has 1 N–H and O–H groups in total. The lowest BCUT2D eigenvalue weighted by atomic mass is 10.1. The summed E-state index contributed by atoms with van der Waals surface area (Å²) < 4.78 is 5.85. The second kappa shape index (κ2) is 6.36. The fourth-order valence-corrected chi connectivity index (χ4v) is 1.95. The first-order valence-electron chi connectivity index (χ1n) is 6.81. The van der Waals surface area contributed by atoms with Crippen molar-refractivity contribution in [2.45, 2.75) is 25.8 Å². The van der Waals surface area contributed by atoms with Crippen LogP contribution in [0.2, 0.25) is 0 Å². The molecule has 0 spiro atoms. The van der Waals surface area contributed by atoms with Crippen LogP contribution in [-0.2, 0) is 0 Å². The van der Waals surface area contributed by atoms with E-state index in [2.05, 4.69) is 23.3 Å². The van der Waals surface area contributed by atoms with Gasteiger partial charge in [0, 0.05) is 11.6 Å². The van der Waals surface area contributed by atoms with Crippen LogP contribution in [0.3, 0.4) is 0 Å². The predicted octanol–water partition coefficient (Wildman–Crippen LogP) is 2.90. The molecule has 1 unspecified atom stereocenters. The number of hydrogen-bond donors (Lipinski definition) is 1. The van der Waals surface area contributed by atoms with Crippen molar-refractivity contribution < 1.29 is 4.74 Å². The molecule has 0 aliphatic heterocycles. The summed E-state index contributed by atoms with van der Waals surface area (Å²) in [5, 5.41) is 13.5. The van der Waals surface area contributed by atoms with Gasteiger partial charge >= 0.3 is 0 Å². The van der Waals surface area contributed by atoms with Gasteiger partial charge in [0.05, 0.1) is 11.6 Å². The summed E-state index contributed by atoms with van der Waals surface area (Å²) in [6.07, 6.45) is 2.74. The van der Waals surface area contributed by atoms with Crippen molar-refractivity contribution in [3.63, 3.8) is 0 Å². The smallest absolute Gasteiger partial charge is 0.138 e. The van der Waals surface area contributed by atoms with Crippen LogP contribution in [-0.4, -0.2) is 23.7 Å². The number of benzene rings is 1. The molecule has 2 rings (SSSR count). The van der Waals surface area contributed by atoms with Crippen molar-refractivity contribution in [1.82, 2.24) is 10.3 Å². The van der Waals surface area contributed by atoms with Crippen LogP contribution in [0.5, 0.6) is 5.75 Å². The minimum atomic E-state index is -0.680. The Balaban J connectivity index is 2.15. The maximum atomic E-state index is 9.30. The molecule has 1 aromatic heterocycles. The number of nitrogens with one attached hydrogen (secondary N) is 1. The summed E-state index contributed by atoms with van der Waals surface area (Å²) in [6, 6.07) is 11.9. The third kappa shape index (κ3) is 3.25. The molecule has 1 aromatic carbocycles. The number of ether oxygens (including phenoxy) is 1. The molecule has 4 nitrogen and oxygen atoms in total. The molecule has 104 valence electrons. The lowest BCUT2D eigenvalue weighted by Gasteiger charge is -2.23. The number of rotatable bonds is 6. The van der Waals surface area contributed by atoms with E-state index in [1.54, 1.807) is 6.20 Å². The third-order valence-corrected chi connectivity index (χ3v) is 3.13. The Bertz CT molecular complexity index is 615. The second-order valence-electron chi connectivity index (χ2n) is 4.99. The minimum Gasteiger partial charge on any atom is -0.490 e. The van der Waals surface area contributed by atoms with Gasteiger partial charge in [0.15, 0.2) is 0 Å². The van der Waals surface area contributed by atoms with Crippen LogP contribution >= 0.6 is 0 Å². The summed E-state index contributed by atoms with van der Waals surface area (Å²) in [4.78, 5) is 4.30. The highest BCUT2D eigenvalue weighted by Gasteiger charge is 2.24. The van der Waals surface area contributed by atoms with Crippen LogP contribution < -0.4 is 10.1 Å². The number of fused-ring (bicyclic) bond motifs is 1. The van der Waals surface area contributed by atoms with Crippen LogP contribution in [0.15, 0.2) is 36.5 Å². The first-order valence-corrected chi connectivity index (χ1v) is 6.81. The van der Waals surface area contributed by atoms with Gasteiger partial charge in [0.2, 0.25) is 0 Å². The van der Waals surface area contributed by atoms with E-state index in [1.165, 1.54) is 0 Å². The molecule has 0 radical (unpaired) electrons. The largest absolute Gasteiger partial charge is 0.490 e. The third-order valence-electron chi connectivity index (χ3n) is 3.13. The van der Waals surface area contributed by atoms with Crippen molar-refractivity contribution in [2.75, 3.05) is 13.2 Å². The van der Waals surface area contributed by atoms with Gasteiger partial charge in [-0.1, -0.05) is 13.0 Å². The summed E-state index contributed by atoms with van der Waals surface area (Å²) in [7, 11) is 0. The maximum absolute atomic E-state index is 9.30. The Kier molecular flexibility index (Phi) is 4.54. The molecule has 0 bridgehead atoms. The monoisotopic (exact) mass is 269 g/mol. The van der Waals surface area contributed by atoms with E-state index in [0.717, 1.165) is 29.6 Å². The molecule has 0 aliphatic carbocycles. The molecule has 4 heteroatoms. The minimum absolute atomic E-state index is 0.303. The van der Waals surface area contributed by atoms with E-state index in [4.69, 9.17) is 4.74 Å². The van der Waals surface area contributed by atoms with Crippen LogP contribution in [0, 0.1) is 11.3 Å². The second-order valence-corrected chi connectivity index (χ2v) is 4.99.